The van der Waals surface area contributed by atoms with E-state index in [0.29, 0.717) is 4.99 Å². The second-order valence-electron chi connectivity index (χ2n) is 4.49. The van der Waals surface area contributed by atoms with E-state index >= 15 is 0 Å². The van der Waals surface area contributed by atoms with E-state index in [9.17, 15) is 0 Å². The van der Waals surface area contributed by atoms with E-state index in [1.54, 1.807) is 6.20 Å². The third-order valence-electron chi connectivity index (χ3n) is 2.96. The Morgan fingerprint density at radius 2 is 2.25 bits per heavy atom. The van der Waals surface area contributed by atoms with Gasteiger partial charge in [0.15, 0.2) is 0 Å². The summed E-state index contributed by atoms with van der Waals surface area (Å²) in [7, 11) is 0. The maximum absolute atomic E-state index is 5.73. The molecule has 0 aliphatic carbocycles. The molecule has 0 unspecified atom stereocenters. The number of anilines is 1. The molecule has 4 nitrogen and oxygen atoms in total. The van der Waals surface area contributed by atoms with Gasteiger partial charge in [0.2, 0.25) is 0 Å². The van der Waals surface area contributed by atoms with Crippen molar-refractivity contribution in [2.24, 2.45) is 5.73 Å². The van der Waals surface area contributed by atoms with Crippen LogP contribution in [0.5, 0.6) is 0 Å². The molecule has 1 heterocycles. The molecule has 2 aromatic rings. The Bertz CT molecular complexity index is 569. The van der Waals surface area contributed by atoms with Crippen molar-refractivity contribution in [1.82, 2.24) is 9.55 Å². The SMILES string of the molecule is NC(=S)c1ccc(Br)cc1NCCCCn1ccnc1. The fourth-order valence-electron chi connectivity index (χ4n) is 1.94. The van der Waals surface area contributed by atoms with Crippen LogP contribution in [0, 0.1) is 0 Å². The number of nitrogens with one attached hydrogen (secondary N) is 1. The molecule has 0 radical (unpaired) electrons. The second-order valence-corrected chi connectivity index (χ2v) is 5.84. The summed E-state index contributed by atoms with van der Waals surface area (Å²) in [6.45, 7) is 1.88. The van der Waals surface area contributed by atoms with Crippen LogP contribution >= 0.6 is 28.1 Å². The Hall–Kier alpha value is -1.40. The number of hydrogen-bond donors (Lipinski definition) is 2. The Labute approximate surface area is 132 Å². The van der Waals surface area contributed by atoms with Gasteiger partial charge in [-0.05, 0) is 31.0 Å². The zero-order valence-corrected chi connectivity index (χ0v) is 13.5. The molecule has 0 spiro atoms. The molecule has 3 N–H and O–H groups in total. The summed E-state index contributed by atoms with van der Waals surface area (Å²) in [4.78, 5) is 4.44. The number of rotatable bonds is 7. The van der Waals surface area contributed by atoms with Crippen molar-refractivity contribution >= 4 is 38.8 Å². The molecule has 0 saturated carbocycles. The lowest BCUT2D eigenvalue weighted by Crippen LogP contribution is -2.14. The lowest BCUT2D eigenvalue weighted by Gasteiger charge is -2.11. The molecule has 0 saturated heterocycles. The number of unbranched alkanes of at least 4 members (excludes halogenated alkanes) is 1. The van der Waals surface area contributed by atoms with E-state index in [-0.39, 0.29) is 0 Å². The van der Waals surface area contributed by atoms with E-state index in [4.69, 9.17) is 18.0 Å². The Kier molecular flexibility index (Phi) is 5.55. The number of thiocarbonyl (C=S) groups is 1. The van der Waals surface area contributed by atoms with E-state index in [2.05, 4.69) is 30.8 Å². The zero-order chi connectivity index (χ0) is 14.4. The molecule has 0 fully saturated rings. The maximum Gasteiger partial charge on any atom is 0.106 e. The first-order valence-corrected chi connectivity index (χ1v) is 7.66. The lowest BCUT2D eigenvalue weighted by molar-refractivity contribution is 0.621. The van der Waals surface area contributed by atoms with Crippen LogP contribution in [0.15, 0.2) is 41.4 Å². The summed E-state index contributed by atoms with van der Waals surface area (Å²) in [5.41, 5.74) is 7.59. The zero-order valence-electron chi connectivity index (χ0n) is 11.1. The minimum Gasteiger partial charge on any atom is -0.389 e. The standard InChI is InChI=1S/C14H17BrN4S/c15-11-3-4-12(14(16)20)13(9-11)18-5-1-2-7-19-8-6-17-10-19/h3-4,6,8-10,18H,1-2,5,7H2,(H2,16,20). The van der Waals surface area contributed by atoms with Gasteiger partial charge in [-0.3, -0.25) is 0 Å². The molecule has 0 atom stereocenters. The Morgan fingerprint density at radius 1 is 1.40 bits per heavy atom. The van der Waals surface area contributed by atoms with Gasteiger partial charge in [-0.15, -0.1) is 0 Å². The molecule has 20 heavy (non-hydrogen) atoms. The van der Waals surface area contributed by atoms with Gasteiger partial charge < -0.3 is 15.6 Å². The van der Waals surface area contributed by atoms with Crippen LogP contribution in [-0.4, -0.2) is 21.1 Å². The minimum absolute atomic E-state index is 0.415. The van der Waals surface area contributed by atoms with Crippen molar-refractivity contribution in [2.75, 3.05) is 11.9 Å². The molecule has 0 aliphatic heterocycles. The number of halogens is 1. The molecule has 1 aromatic carbocycles. The van der Waals surface area contributed by atoms with E-state index in [1.165, 1.54) is 0 Å². The second kappa shape index (κ2) is 7.40. The van der Waals surface area contributed by atoms with Crippen LogP contribution in [0.3, 0.4) is 0 Å². The van der Waals surface area contributed by atoms with E-state index in [1.807, 2.05) is 30.7 Å². The summed E-state index contributed by atoms with van der Waals surface area (Å²) in [5, 5.41) is 3.39. The Morgan fingerprint density at radius 3 is 2.95 bits per heavy atom. The van der Waals surface area contributed by atoms with E-state index < -0.39 is 0 Å². The molecule has 2 rings (SSSR count). The van der Waals surface area contributed by atoms with Gasteiger partial charge in [0.25, 0.3) is 0 Å². The molecular formula is C14H17BrN4S. The lowest BCUT2D eigenvalue weighted by atomic mass is 10.1. The third kappa shape index (κ3) is 4.31. The highest BCUT2D eigenvalue weighted by molar-refractivity contribution is 9.10. The number of imidazole rings is 1. The van der Waals surface area contributed by atoms with Gasteiger partial charge in [0.1, 0.15) is 4.99 Å². The summed E-state index contributed by atoms with van der Waals surface area (Å²) in [6.07, 6.45) is 7.79. The van der Waals surface area contributed by atoms with Crippen LogP contribution in [0.2, 0.25) is 0 Å². The maximum atomic E-state index is 5.73. The smallest absolute Gasteiger partial charge is 0.106 e. The summed E-state index contributed by atoms with van der Waals surface area (Å²) in [5.74, 6) is 0. The van der Waals surface area contributed by atoms with Crippen molar-refractivity contribution in [3.63, 3.8) is 0 Å². The van der Waals surface area contributed by atoms with Gasteiger partial charge in [-0.25, -0.2) is 4.98 Å². The third-order valence-corrected chi connectivity index (χ3v) is 3.68. The van der Waals surface area contributed by atoms with Crippen LogP contribution in [-0.2, 0) is 6.54 Å². The number of aromatic nitrogens is 2. The summed E-state index contributed by atoms with van der Waals surface area (Å²) in [6, 6.07) is 5.88. The van der Waals surface area contributed by atoms with Crippen molar-refractivity contribution in [3.05, 3.63) is 47.0 Å². The van der Waals surface area contributed by atoms with Crippen LogP contribution in [0.1, 0.15) is 18.4 Å². The molecule has 0 amide bonds. The van der Waals surface area contributed by atoms with Gasteiger partial charge in [0.05, 0.1) is 6.33 Å². The average molecular weight is 353 g/mol. The average Bonchev–Trinajstić information content (AvgIpc) is 2.91. The first-order valence-electron chi connectivity index (χ1n) is 6.46. The van der Waals surface area contributed by atoms with Crippen molar-refractivity contribution in [3.8, 4) is 0 Å². The molecule has 6 heteroatoms. The first-order chi connectivity index (χ1) is 9.66. The molecular weight excluding hydrogens is 336 g/mol. The highest BCUT2D eigenvalue weighted by Gasteiger charge is 2.05. The topological polar surface area (TPSA) is 55.9 Å². The quantitative estimate of drug-likeness (QED) is 0.593. The number of nitrogens with two attached hydrogens (primary N) is 1. The van der Waals surface area contributed by atoms with Gasteiger partial charge in [-0.2, -0.15) is 0 Å². The summed E-state index contributed by atoms with van der Waals surface area (Å²) >= 11 is 8.52. The fourth-order valence-corrected chi connectivity index (χ4v) is 2.48. The number of benzene rings is 1. The predicted molar refractivity (Wildman–Crippen MR) is 90.0 cm³/mol. The van der Waals surface area contributed by atoms with Crippen LogP contribution in [0.25, 0.3) is 0 Å². The van der Waals surface area contributed by atoms with E-state index in [0.717, 1.165) is 41.7 Å². The molecule has 0 aliphatic rings. The number of nitrogens with zero attached hydrogens (tertiary/aromatic N) is 2. The Balaban J connectivity index is 1.81. The molecule has 106 valence electrons. The van der Waals surface area contributed by atoms with Crippen molar-refractivity contribution < 1.29 is 0 Å². The number of hydrogen-bond acceptors (Lipinski definition) is 3. The number of aryl methyl sites for hydroxylation is 1. The monoisotopic (exact) mass is 352 g/mol. The largest absolute Gasteiger partial charge is 0.389 e. The summed E-state index contributed by atoms with van der Waals surface area (Å²) < 4.78 is 3.10. The first kappa shape index (κ1) is 15.0. The van der Waals surface area contributed by atoms with Crippen molar-refractivity contribution in [1.29, 1.82) is 0 Å². The predicted octanol–water partition coefficient (Wildman–Crippen LogP) is 3.17. The van der Waals surface area contributed by atoms with Crippen LogP contribution < -0.4 is 11.1 Å². The van der Waals surface area contributed by atoms with Gasteiger partial charge in [-0.1, -0.05) is 28.1 Å². The van der Waals surface area contributed by atoms with Crippen molar-refractivity contribution in [2.45, 2.75) is 19.4 Å². The molecule has 1 aromatic heterocycles. The normalized spacial score (nSPS) is 10.4. The molecule has 0 bridgehead atoms. The fraction of sp³-hybridized carbons (Fsp3) is 0.286. The minimum atomic E-state index is 0.415. The van der Waals surface area contributed by atoms with Gasteiger partial charge in [0, 0.05) is 41.2 Å². The highest BCUT2D eigenvalue weighted by Crippen LogP contribution is 2.21. The van der Waals surface area contributed by atoms with Crippen LogP contribution in [0.4, 0.5) is 5.69 Å². The highest BCUT2D eigenvalue weighted by atomic mass is 79.9. The van der Waals surface area contributed by atoms with Gasteiger partial charge >= 0.3 is 0 Å².